The summed E-state index contributed by atoms with van der Waals surface area (Å²) in [6, 6.07) is 14.3. The Labute approximate surface area is 133 Å². The molecule has 0 bridgehead atoms. The van der Waals surface area contributed by atoms with Crippen molar-refractivity contribution < 1.29 is 4.74 Å². The van der Waals surface area contributed by atoms with Crippen LogP contribution < -0.4 is 10.1 Å². The lowest BCUT2D eigenvalue weighted by Crippen LogP contribution is -2.10. The van der Waals surface area contributed by atoms with E-state index in [1.54, 1.807) is 7.11 Å². The Hall–Kier alpha value is -1.19. The second-order valence-electron chi connectivity index (χ2n) is 4.48. The van der Waals surface area contributed by atoms with Gasteiger partial charge in [-0.2, -0.15) is 0 Å². The van der Waals surface area contributed by atoms with Crippen LogP contribution in [-0.4, -0.2) is 7.11 Å². The fraction of sp³-hybridized carbons (Fsp3) is 0.250. The monoisotopic (exact) mass is 353 g/mol. The molecule has 0 aliphatic carbocycles. The molecular weight excluding hydrogens is 338 g/mol. The van der Waals surface area contributed by atoms with Crippen molar-refractivity contribution in [2.75, 3.05) is 12.4 Å². The predicted molar refractivity (Wildman–Crippen MR) is 88.8 cm³/mol. The second kappa shape index (κ2) is 7.00. The smallest absolute Gasteiger partial charge is 0.156 e. The van der Waals surface area contributed by atoms with Crippen molar-refractivity contribution in [1.82, 2.24) is 0 Å². The van der Waals surface area contributed by atoms with E-state index in [1.807, 2.05) is 30.3 Å². The molecule has 20 heavy (non-hydrogen) atoms. The molecule has 0 amide bonds. The summed E-state index contributed by atoms with van der Waals surface area (Å²) in [5.41, 5.74) is 2.13. The van der Waals surface area contributed by atoms with Crippen LogP contribution in [0.2, 0.25) is 5.02 Å². The Morgan fingerprint density at radius 2 is 1.95 bits per heavy atom. The van der Waals surface area contributed by atoms with E-state index in [9.17, 15) is 0 Å². The molecule has 0 saturated heterocycles. The first-order valence-corrected chi connectivity index (χ1v) is 7.67. The van der Waals surface area contributed by atoms with E-state index in [0.717, 1.165) is 22.3 Å². The lowest BCUT2D eigenvalue weighted by Gasteiger charge is -2.21. The van der Waals surface area contributed by atoms with Crippen LogP contribution >= 0.6 is 27.5 Å². The van der Waals surface area contributed by atoms with Gasteiger partial charge in [0.1, 0.15) is 0 Å². The lowest BCUT2D eigenvalue weighted by molar-refractivity contribution is 0.413. The highest BCUT2D eigenvalue weighted by atomic mass is 79.9. The van der Waals surface area contributed by atoms with Gasteiger partial charge in [-0.1, -0.05) is 48.9 Å². The van der Waals surface area contributed by atoms with Gasteiger partial charge in [-0.15, -0.1) is 0 Å². The standard InChI is InChI=1S/C16H17BrClNO/c1-3-14(11-7-5-4-6-8-11)19-15-10-12(18)9-13(17)16(15)20-2/h4-10,14,19H,3H2,1-2H3. The molecule has 2 aromatic carbocycles. The number of rotatable bonds is 5. The summed E-state index contributed by atoms with van der Waals surface area (Å²) in [4.78, 5) is 0. The molecule has 0 aliphatic heterocycles. The molecule has 2 rings (SSSR count). The van der Waals surface area contributed by atoms with Gasteiger partial charge in [0, 0.05) is 5.02 Å². The van der Waals surface area contributed by atoms with Gasteiger partial charge in [0.05, 0.1) is 23.3 Å². The van der Waals surface area contributed by atoms with E-state index < -0.39 is 0 Å². The second-order valence-corrected chi connectivity index (χ2v) is 5.78. The zero-order valence-electron chi connectivity index (χ0n) is 11.5. The van der Waals surface area contributed by atoms with Gasteiger partial charge in [-0.05, 0) is 40.0 Å². The molecular formula is C16H17BrClNO. The maximum Gasteiger partial charge on any atom is 0.156 e. The van der Waals surface area contributed by atoms with Crippen molar-refractivity contribution in [3.8, 4) is 5.75 Å². The largest absolute Gasteiger partial charge is 0.493 e. The molecule has 2 aromatic rings. The van der Waals surface area contributed by atoms with Crippen molar-refractivity contribution in [3.63, 3.8) is 0 Å². The highest BCUT2D eigenvalue weighted by molar-refractivity contribution is 9.10. The molecule has 0 spiro atoms. The van der Waals surface area contributed by atoms with Crippen LogP contribution in [0.25, 0.3) is 0 Å². The van der Waals surface area contributed by atoms with Crippen LogP contribution in [0.4, 0.5) is 5.69 Å². The van der Waals surface area contributed by atoms with Gasteiger partial charge < -0.3 is 10.1 Å². The third-order valence-electron chi connectivity index (χ3n) is 3.15. The normalized spacial score (nSPS) is 12.0. The number of halogens is 2. The van der Waals surface area contributed by atoms with Crippen LogP contribution in [0, 0.1) is 0 Å². The third kappa shape index (κ3) is 3.47. The average Bonchev–Trinajstić information content (AvgIpc) is 2.45. The maximum atomic E-state index is 6.13. The zero-order valence-corrected chi connectivity index (χ0v) is 13.8. The van der Waals surface area contributed by atoms with Crippen LogP contribution in [0.3, 0.4) is 0 Å². The topological polar surface area (TPSA) is 21.3 Å². The highest BCUT2D eigenvalue weighted by Gasteiger charge is 2.14. The first kappa shape index (κ1) is 15.2. The first-order chi connectivity index (χ1) is 9.65. The Balaban J connectivity index is 2.33. The Morgan fingerprint density at radius 1 is 1.25 bits per heavy atom. The summed E-state index contributed by atoms with van der Waals surface area (Å²) in [5, 5.41) is 4.18. The van der Waals surface area contributed by atoms with Gasteiger partial charge >= 0.3 is 0 Å². The number of hydrogen-bond donors (Lipinski definition) is 1. The molecule has 1 N–H and O–H groups in total. The fourth-order valence-electron chi connectivity index (χ4n) is 2.17. The Bertz CT molecular complexity index is 574. The van der Waals surface area contributed by atoms with Crippen molar-refractivity contribution in [1.29, 1.82) is 0 Å². The van der Waals surface area contributed by atoms with E-state index in [4.69, 9.17) is 16.3 Å². The zero-order chi connectivity index (χ0) is 14.5. The minimum absolute atomic E-state index is 0.218. The highest BCUT2D eigenvalue weighted by Crippen LogP contribution is 2.38. The Kier molecular flexibility index (Phi) is 5.32. The molecule has 4 heteroatoms. The molecule has 1 unspecified atom stereocenters. The fourth-order valence-corrected chi connectivity index (χ4v) is 3.14. The Morgan fingerprint density at radius 3 is 2.55 bits per heavy atom. The number of benzene rings is 2. The summed E-state index contributed by atoms with van der Waals surface area (Å²) >= 11 is 9.60. The number of methoxy groups -OCH3 is 1. The van der Waals surface area contributed by atoms with Gasteiger partial charge in [0.2, 0.25) is 0 Å². The van der Waals surface area contributed by atoms with E-state index in [1.165, 1.54) is 5.56 Å². The van der Waals surface area contributed by atoms with Crippen LogP contribution in [-0.2, 0) is 0 Å². The first-order valence-electron chi connectivity index (χ1n) is 6.50. The van der Waals surface area contributed by atoms with Crippen molar-refractivity contribution in [3.05, 3.63) is 57.5 Å². The lowest BCUT2D eigenvalue weighted by atomic mass is 10.0. The van der Waals surface area contributed by atoms with E-state index in [2.05, 4.69) is 40.3 Å². The summed E-state index contributed by atoms with van der Waals surface area (Å²) in [6.07, 6.45) is 0.970. The van der Waals surface area contributed by atoms with Crippen LogP contribution in [0.5, 0.6) is 5.75 Å². The van der Waals surface area contributed by atoms with Crippen molar-refractivity contribution in [2.24, 2.45) is 0 Å². The molecule has 0 radical (unpaired) electrons. The third-order valence-corrected chi connectivity index (χ3v) is 3.96. The van der Waals surface area contributed by atoms with Gasteiger partial charge in [0.15, 0.2) is 5.75 Å². The molecule has 0 aliphatic rings. The molecule has 0 saturated carbocycles. The van der Waals surface area contributed by atoms with Crippen molar-refractivity contribution in [2.45, 2.75) is 19.4 Å². The van der Waals surface area contributed by atoms with E-state index in [0.29, 0.717) is 5.02 Å². The predicted octanol–water partition coefficient (Wildman–Crippen LogP) is 5.67. The van der Waals surface area contributed by atoms with Crippen LogP contribution in [0.1, 0.15) is 24.9 Å². The quantitative estimate of drug-likeness (QED) is 0.746. The van der Waals surface area contributed by atoms with Crippen molar-refractivity contribution >= 4 is 33.2 Å². The molecule has 0 heterocycles. The summed E-state index contributed by atoms with van der Waals surface area (Å²) in [5.74, 6) is 0.767. The number of ether oxygens (including phenoxy) is 1. The summed E-state index contributed by atoms with van der Waals surface area (Å²) < 4.78 is 6.29. The minimum atomic E-state index is 0.218. The molecule has 1 atom stereocenters. The van der Waals surface area contributed by atoms with Gasteiger partial charge in [-0.25, -0.2) is 0 Å². The number of hydrogen-bond acceptors (Lipinski definition) is 2. The van der Waals surface area contributed by atoms with Gasteiger partial charge in [0.25, 0.3) is 0 Å². The molecule has 106 valence electrons. The summed E-state index contributed by atoms with van der Waals surface area (Å²) in [7, 11) is 1.66. The average molecular weight is 355 g/mol. The summed E-state index contributed by atoms with van der Waals surface area (Å²) in [6.45, 7) is 2.15. The van der Waals surface area contributed by atoms with Crippen LogP contribution in [0.15, 0.2) is 46.9 Å². The molecule has 0 aromatic heterocycles. The molecule has 2 nitrogen and oxygen atoms in total. The van der Waals surface area contributed by atoms with Gasteiger partial charge in [-0.3, -0.25) is 0 Å². The maximum absolute atomic E-state index is 6.13. The number of anilines is 1. The van der Waals surface area contributed by atoms with E-state index in [-0.39, 0.29) is 6.04 Å². The van der Waals surface area contributed by atoms with E-state index >= 15 is 0 Å². The molecule has 0 fully saturated rings. The SMILES string of the molecule is CCC(Nc1cc(Cl)cc(Br)c1OC)c1ccccc1. The number of nitrogens with one attached hydrogen (secondary N) is 1. The minimum Gasteiger partial charge on any atom is -0.493 e.